The topological polar surface area (TPSA) is 78.2 Å². The molecule has 0 unspecified atom stereocenters. The maximum Gasteiger partial charge on any atom is 0.272 e. The molecule has 0 aliphatic heterocycles. The molecule has 2 heterocycles. The summed E-state index contributed by atoms with van der Waals surface area (Å²) in [7, 11) is 6.65. The van der Waals surface area contributed by atoms with E-state index in [0.29, 0.717) is 47.2 Å². The van der Waals surface area contributed by atoms with E-state index in [1.54, 1.807) is 43.9 Å². The van der Waals surface area contributed by atoms with Crippen LogP contribution in [0.4, 0.5) is 0 Å². The molecule has 0 radical (unpaired) electrons. The van der Waals surface area contributed by atoms with Gasteiger partial charge in [-0.15, -0.1) is 0 Å². The van der Waals surface area contributed by atoms with Crippen LogP contribution in [-0.4, -0.2) is 60.3 Å². The monoisotopic (exact) mass is 502 g/mol. The third-order valence-electron chi connectivity index (χ3n) is 6.33. The lowest BCUT2D eigenvalue weighted by atomic mass is 9.93. The van der Waals surface area contributed by atoms with E-state index < -0.39 is 0 Å². The molecule has 4 aromatic rings. The van der Waals surface area contributed by atoms with Crippen molar-refractivity contribution in [3.05, 3.63) is 71.5 Å². The minimum atomic E-state index is -0.196. The SMILES string of the molecule is COc1ccc(CCN(C)C(=O)c2cc(-c3ccccc3OC)nc3cc(C(C)(C)C)nn23)cc1OC. The average Bonchev–Trinajstić information content (AvgIpc) is 3.35. The lowest BCUT2D eigenvalue weighted by molar-refractivity contribution is 0.0787. The van der Waals surface area contributed by atoms with Gasteiger partial charge in [-0.1, -0.05) is 39.0 Å². The van der Waals surface area contributed by atoms with Gasteiger partial charge in [0.15, 0.2) is 17.1 Å². The van der Waals surface area contributed by atoms with Gasteiger partial charge in [-0.05, 0) is 42.3 Å². The Morgan fingerprint density at radius 2 is 1.62 bits per heavy atom. The Balaban J connectivity index is 1.70. The average molecular weight is 503 g/mol. The molecule has 4 rings (SSSR count). The molecule has 2 aromatic carbocycles. The Hall–Kier alpha value is -4.07. The quantitative estimate of drug-likeness (QED) is 0.336. The van der Waals surface area contributed by atoms with E-state index in [4.69, 9.17) is 24.3 Å². The van der Waals surface area contributed by atoms with Gasteiger partial charge in [-0.2, -0.15) is 5.10 Å². The molecular formula is C29H34N4O4. The molecule has 0 atom stereocenters. The van der Waals surface area contributed by atoms with E-state index in [1.165, 1.54) is 0 Å². The molecule has 0 saturated carbocycles. The van der Waals surface area contributed by atoms with Crippen LogP contribution < -0.4 is 14.2 Å². The van der Waals surface area contributed by atoms with Crippen LogP contribution in [-0.2, 0) is 11.8 Å². The number of ether oxygens (including phenoxy) is 3. The Bertz CT molecular complexity index is 1420. The third kappa shape index (κ3) is 5.38. The van der Waals surface area contributed by atoms with Gasteiger partial charge in [-0.25, -0.2) is 9.50 Å². The second-order valence-corrected chi connectivity index (χ2v) is 9.94. The first-order valence-electron chi connectivity index (χ1n) is 12.2. The Morgan fingerprint density at radius 1 is 0.919 bits per heavy atom. The maximum atomic E-state index is 13.8. The first-order chi connectivity index (χ1) is 17.7. The van der Waals surface area contributed by atoms with Gasteiger partial charge in [0.25, 0.3) is 5.91 Å². The van der Waals surface area contributed by atoms with Gasteiger partial charge in [0.1, 0.15) is 11.4 Å². The molecule has 0 bridgehead atoms. The van der Waals surface area contributed by atoms with Crippen LogP contribution in [0.3, 0.4) is 0 Å². The number of carbonyl (C=O) groups excluding carboxylic acids is 1. The van der Waals surface area contributed by atoms with Crippen LogP contribution in [0.1, 0.15) is 42.5 Å². The highest BCUT2D eigenvalue weighted by molar-refractivity contribution is 5.94. The van der Waals surface area contributed by atoms with E-state index in [9.17, 15) is 4.79 Å². The highest BCUT2D eigenvalue weighted by Crippen LogP contribution is 2.31. The number of rotatable bonds is 8. The number of amides is 1. The molecule has 0 saturated heterocycles. The second kappa shape index (κ2) is 10.5. The van der Waals surface area contributed by atoms with Crippen molar-refractivity contribution in [3.8, 4) is 28.5 Å². The van der Waals surface area contributed by atoms with Crippen LogP contribution in [0.25, 0.3) is 16.9 Å². The van der Waals surface area contributed by atoms with E-state index in [1.807, 2.05) is 48.5 Å². The molecule has 0 N–H and O–H groups in total. The molecule has 37 heavy (non-hydrogen) atoms. The number of carbonyl (C=O) groups is 1. The Labute approximate surface area is 217 Å². The van der Waals surface area contributed by atoms with Gasteiger partial charge in [0.2, 0.25) is 0 Å². The van der Waals surface area contributed by atoms with Crippen molar-refractivity contribution >= 4 is 11.6 Å². The summed E-state index contributed by atoms with van der Waals surface area (Å²) in [5, 5.41) is 4.77. The van der Waals surface area contributed by atoms with Gasteiger partial charge in [-0.3, -0.25) is 4.79 Å². The van der Waals surface area contributed by atoms with Gasteiger partial charge >= 0.3 is 0 Å². The van der Waals surface area contributed by atoms with Crippen LogP contribution in [0, 0.1) is 0 Å². The highest BCUT2D eigenvalue weighted by atomic mass is 16.5. The standard InChI is InChI=1S/C29H34N4O4/c1-29(2,3)26-18-27-30-21(20-10-8-9-11-23(20)35-5)17-22(33(27)31-26)28(34)32(4)15-14-19-12-13-24(36-6)25(16-19)37-7/h8-13,16-18H,14-15H2,1-7H3. The lowest BCUT2D eigenvalue weighted by Crippen LogP contribution is -2.30. The zero-order valence-corrected chi connectivity index (χ0v) is 22.5. The zero-order chi connectivity index (χ0) is 26.7. The molecule has 1 amide bonds. The lowest BCUT2D eigenvalue weighted by Gasteiger charge is -2.19. The number of aromatic nitrogens is 3. The Morgan fingerprint density at radius 3 is 2.30 bits per heavy atom. The smallest absolute Gasteiger partial charge is 0.272 e. The number of benzene rings is 2. The van der Waals surface area contributed by atoms with E-state index in [0.717, 1.165) is 16.8 Å². The summed E-state index contributed by atoms with van der Waals surface area (Å²) < 4.78 is 18.0. The fraction of sp³-hybridized carbons (Fsp3) is 0.345. The predicted molar refractivity (Wildman–Crippen MR) is 144 cm³/mol. The zero-order valence-electron chi connectivity index (χ0n) is 22.5. The van der Waals surface area contributed by atoms with Crippen LogP contribution >= 0.6 is 0 Å². The third-order valence-corrected chi connectivity index (χ3v) is 6.33. The molecule has 8 nitrogen and oxygen atoms in total. The first-order valence-corrected chi connectivity index (χ1v) is 12.2. The molecule has 0 aliphatic rings. The number of nitrogens with zero attached hydrogens (tertiary/aromatic N) is 4. The molecule has 194 valence electrons. The molecule has 0 fully saturated rings. The summed E-state index contributed by atoms with van der Waals surface area (Å²) in [6.45, 7) is 6.78. The maximum absolute atomic E-state index is 13.8. The summed E-state index contributed by atoms with van der Waals surface area (Å²) in [4.78, 5) is 20.3. The number of methoxy groups -OCH3 is 3. The molecule has 0 spiro atoms. The van der Waals surface area contributed by atoms with Gasteiger partial charge < -0.3 is 19.1 Å². The Kier molecular flexibility index (Phi) is 7.38. The van der Waals surface area contributed by atoms with Crippen LogP contribution in [0.15, 0.2) is 54.6 Å². The highest BCUT2D eigenvalue weighted by Gasteiger charge is 2.24. The molecule has 8 heteroatoms. The van der Waals surface area contributed by atoms with Crippen molar-refractivity contribution in [2.24, 2.45) is 0 Å². The summed E-state index contributed by atoms with van der Waals surface area (Å²) in [5.41, 5.74) is 4.23. The molecule has 0 aliphatic carbocycles. The fourth-order valence-electron chi connectivity index (χ4n) is 4.12. The second-order valence-electron chi connectivity index (χ2n) is 9.94. The number of fused-ring (bicyclic) bond motifs is 1. The van der Waals surface area contributed by atoms with E-state index in [-0.39, 0.29) is 11.3 Å². The van der Waals surface area contributed by atoms with E-state index >= 15 is 0 Å². The number of hydrogen-bond acceptors (Lipinski definition) is 6. The predicted octanol–water partition coefficient (Wildman–Crippen LogP) is 5.03. The summed E-state index contributed by atoms with van der Waals surface area (Å²) in [6, 6.07) is 17.2. The van der Waals surface area contributed by atoms with Crippen molar-refractivity contribution in [2.75, 3.05) is 34.9 Å². The van der Waals surface area contributed by atoms with Crippen molar-refractivity contribution in [2.45, 2.75) is 32.6 Å². The fourth-order valence-corrected chi connectivity index (χ4v) is 4.12. The minimum absolute atomic E-state index is 0.146. The molecular weight excluding hydrogens is 468 g/mol. The normalized spacial score (nSPS) is 11.4. The minimum Gasteiger partial charge on any atom is -0.496 e. The van der Waals surface area contributed by atoms with Crippen molar-refractivity contribution in [3.63, 3.8) is 0 Å². The number of hydrogen-bond donors (Lipinski definition) is 0. The summed E-state index contributed by atoms with van der Waals surface area (Å²) in [6.07, 6.45) is 0.655. The summed E-state index contributed by atoms with van der Waals surface area (Å²) in [5.74, 6) is 1.88. The van der Waals surface area contributed by atoms with Crippen molar-refractivity contribution in [1.29, 1.82) is 0 Å². The van der Waals surface area contributed by atoms with Crippen molar-refractivity contribution < 1.29 is 19.0 Å². The molecule has 2 aromatic heterocycles. The van der Waals surface area contributed by atoms with Crippen LogP contribution in [0.2, 0.25) is 0 Å². The van der Waals surface area contributed by atoms with Gasteiger partial charge in [0, 0.05) is 30.6 Å². The van der Waals surface area contributed by atoms with Crippen molar-refractivity contribution in [1.82, 2.24) is 19.5 Å². The van der Waals surface area contributed by atoms with Gasteiger partial charge in [0.05, 0.1) is 32.7 Å². The largest absolute Gasteiger partial charge is 0.496 e. The number of likely N-dealkylation sites (N-methyl/N-ethyl adjacent to an activating group) is 1. The summed E-state index contributed by atoms with van der Waals surface area (Å²) >= 11 is 0. The van der Waals surface area contributed by atoms with E-state index in [2.05, 4.69) is 20.8 Å². The first kappa shape index (κ1) is 26.0. The number of para-hydroxylation sites is 1. The van der Waals surface area contributed by atoms with Crippen LogP contribution in [0.5, 0.6) is 17.2 Å².